The molecule has 0 aromatic heterocycles. The third-order valence-electron chi connectivity index (χ3n) is 9.46. The Labute approximate surface area is 242 Å². The predicted octanol–water partition coefficient (Wildman–Crippen LogP) is 4.07. The van der Waals surface area contributed by atoms with Gasteiger partial charge in [0.2, 0.25) is 11.8 Å². The van der Waals surface area contributed by atoms with Crippen molar-refractivity contribution in [1.29, 1.82) is 0 Å². The molecule has 3 aliphatic heterocycles. The highest BCUT2D eigenvalue weighted by molar-refractivity contribution is 6.30. The fraction of sp³-hybridized carbons (Fsp3) is 0.581. The first-order valence-corrected chi connectivity index (χ1v) is 14.6. The highest BCUT2D eigenvalue weighted by Crippen LogP contribution is 2.65. The van der Waals surface area contributed by atoms with Gasteiger partial charge in [-0.15, -0.1) is 13.2 Å². The van der Waals surface area contributed by atoms with Crippen molar-refractivity contribution in [2.45, 2.75) is 69.7 Å². The molecule has 1 aromatic carbocycles. The number of halogens is 1. The number of amides is 3. The molecule has 8 nitrogen and oxygen atoms in total. The summed E-state index contributed by atoms with van der Waals surface area (Å²) < 4.78 is 6.90. The highest BCUT2D eigenvalue weighted by atomic mass is 35.5. The molecule has 1 N–H and O–H groups in total. The Morgan fingerprint density at radius 2 is 1.82 bits per heavy atom. The van der Waals surface area contributed by atoms with E-state index in [1.165, 1.54) is 0 Å². The first-order chi connectivity index (χ1) is 19.1. The van der Waals surface area contributed by atoms with Gasteiger partial charge in [-0.3, -0.25) is 14.4 Å². The standard InChI is InChI=1S/C31H42ClN3O5/c1-7-17-33(6)27(37)24-25-28(38)35(23(19-36)20(5)9-3)26(31(25)16-15-30(24,10-4)40-31)29(39)34(18-8-2)22-13-11-21(32)12-14-22/h7-8,11-14,20,23-26,36H,1-2,9-10,15-19H2,3-6H3/t20-,23-,24-,25-,26?,30+,31?/m0/s1. The fourth-order valence-electron chi connectivity index (χ4n) is 7.22. The number of hydrogen-bond acceptors (Lipinski definition) is 5. The molecule has 3 amide bonds. The van der Waals surface area contributed by atoms with E-state index in [1.807, 2.05) is 20.8 Å². The van der Waals surface area contributed by atoms with Gasteiger partial charge < -0.3 is 24.5 Å². The second kappa shape index (κ2) is 11.7. The lowest BCUT2D eigenvalue weighted by atomic mass is 9.64. The second-order valence-electron chi connectivity index (χ2n) is 11.4. The van der Waals surface area contributed by atoms with Gasteiger partial charge in [-0.1, -0.05) is 50.9 Å². The normalized spacial score (nSPS) is 30.1. The summed E-state index contributed by atoms with van der Waals surface area (Å²) in [5.41, 5.74) is -1.42. The van der Waals surface area contributed by atoms with E-state index in [1.54, 1.807) is 58.2 Å². The molecule has 218 valence electrons. The first-order valence-electron chi connectivity index (χ1n) is 14.2. The van der Waals surface area contributed by atoms with Crippen molar-refractivity contribution in [3.63, 3.8) is 0 Å². The van der Waals surface area contributed by atoms with Crippen LogP contribution >= 0.6 is 11.6 Å². The third-order valence-corrected chi connectivity index (χ3v) is 9.71. The molecule has 0 radical (unpaired) electrons. The maximum Gasteiger partial charge on any atom is 0.253 e. The van der Waals surface area contributed by atoms with Crippen LogP contribution in [0.15, 0.2) is 49.6 Å². The van der Waals surface area contributed by atoms with Crippen LogP contribution in [0.5, 0.6) is 0 Å². The summed E-state index contributed by atoms with van der Waals surface area (Å²) >= 11 is 6.14. The molecular formula is C31H42ClN3O5. The van der Waals surface area contributed by atoms with Crippen LogP contribution in [0.2, 0.25) is 5.02 Å². The monoisotopic (exact) mass is 571 g/mol. The molecule has 40 heavy (non-hydrogen) atoms. The molecule has 3 saturated heterocycles. The Bertz CT molecular complexity index is 1160. The third kappa shape index (κ3) is 4.58. The molecule has 0 aliphatic carbocycles. The van der Waals surface area contributed by atoms with Crippen molar-refractivity contribution in [3.05, 3.63) is 54.6 Å². The minimum atomic E-state index is -1.19. The molecular weight excluding hydrogens is 530 g/mol. The summed E-state index contributed by atoms with van der Waals surface area (Å²) in [5, 5.41) is 11.1. The number of anilines is 1. The summed E-state index contributed by atoms with van der Waals surface area (Å²) in [5.74, 6) is -2.45. The number of aliphatic hydroxyl groups is 1. The summed E-state index contributed by atoms with van der Waals surface area (Å²) in [6.45, 7) is 13.8. The van der Waals surface area contributed by atoms with E-state index >= 15 is 0 Å². The number of carbonyl (C=O) groups is 3. The Morgan fingerprint density at radius 3 is 2.38 bits per heavy atom. The van der Waals surface area contributed by atoms with Crippen LogP contribution in [0, 0.1) is 17.8 Å². The SMILES string of the molecule is C=CCN(C)C(=O)[C@@H]1[C@H]2C(=O)N([C@@H](CO)[C@@H](C)CC)C(C(=O)N(CC=C)c3ccc(Cl)cc3)C23CC[C@@]1(CC)O3. The molecule has 3 aliphatic rings. The number of ether oxygens (including phenoxy) is 1. The van der Waals surface area contributed by atoms with Gasteiger partial charge in [-0.05, 0) is 49.4 Å². The van der Waals surface area contributed by atoms with Gasteiger partial charge in [0.05, 0.1) is 30.1 Å². The quantitative estimate of drug-likeness (QED) is 0.382. The molecule has 1 aromatic rings. The smallest absolute Gasteiger partial charge is 0.253 e. The number of hydrogen-bond donors (Lipinski definition) is 1. The van der Waals surface area contributed by atoms with E-state index in [0.29, 0.717) is 42.9 Å². The molecule has 2 unspecified atom stereocenters. The van der Waals surface area contributed by atoms with E-state index in [9.17, 15) is 19.5 Å². The maximum atomic E-state index is 14.7. The lowest BCUT2D eigenvalue weighted by Gasteiger charge is -2.41. The Morgan fingerprint density at radius 1 is 1.18 bits per heavy atom. The van der Waals surface area contributed by atoms with Crippen molar-refractivity contribution >= 4 is 35.0 Å². The van der Waals surface area contributed by atoms with Crippen LogP contribution in [-0.4, -0.2) is 82.7 Å². The van der Waals surface area contributed by atoms with E-state index in [-0.39, 0.29) is 36.8 Å². The number of nitrogens with zero attached hydrogens (tertiary/aromatic N) is 3. The number of fused-ring (bicyclic) bond motifs is 1. The number of rotatable bonds is 12. The van der Waals surface area contributed by atoms with Crippen LogP contribution in [0.3, 0.4) is 0 Å². The van der Waals surface area contributed by atoms with Crippen LogP contribution in [0.25, 0.3) is 0 Å². The van der Waals surface area contributed by atoms with E-state index in [2.05, 4.69) is 13.2 Å². The average molecular weight is 572 g/mol. The molecule has 4 rings (SSSR count). The molecule has 9 heteroatoms. The fourth-order valence-corrected chi connectivity index (χ4v) is 7.35. The van der Waals surface area contributed by atoms with E-state index < -0.39 is 35.1 Å². The van der Waals surface area contributed by atoms with Crippen LogP contribution in [0.1, 0.15) is 46.5 Å². The number of benzene rings is 1. The Hall–Kier alpha value is -2.68. The lowest BCUT2D eigenvalue weighted by molar-refractivity contribution is -0.154. The van der Waals surface area contributed by atoms with Gasteiger partial charge in [-0.25, -0.2) is 0 Å². The van der Waals surface area contributed by atoms with Gasteiger partial charge in [0, 0.05) is 30.8 Å². The first kappa shape index (κ1) is 30.3. The van der Waals surface area contributed by atoms with Crippen molar-refractivity contribution in [2.24, 2.45) is 17.8 Å². The van der Waals surface area contributed by atoms with Crippen LogP contribution in [0.4, 0.5) is 5.69 Å². The largest absolute Gasteiger partial charge is 0.394 e. The molecule has 3 heterocycles. The number of aliphatic hydroxyl groups excluding tert-OH is 1. The van der Waals surface area contributed by atoms with Crippen molar-refractivity contribution in [1.82, 2.24) is 9.80 Å². The zero-order chi connectivity index (χ0) is 29.4. The van der Waals surface area contributed by atoms with Crippen molar-refractivity contribution in [2.75, 3.05) is 31.6 Å². The Kier molecular flexibility index (Phi) is 8.83. The molecule has 0 saturated carbocycles. The van der Waals surface area contributed by atoms with Gasteiger partial charge in [0.1, 0.15) is 11.6 Å². The molecule has 1 spiro atoms. The maximum absolute atomic E-state index is 14.7. The Balaban J connectivity index is 1.89. The van der Waals surface area contributed by atoms with E-state index in [0.717, 1.165) is 0 Å². The van der Waals surface area contributed by atoms with Gasteiger partial charge in [-0.2, -0.15) is 0 Å². The van der Waals surface area contributed by atoms with Crippen LogP contribution < -0.4 is 4.90 Å². The van der Waals surface area contributed by atoms with Gasteiger partial charge in [0.15, 0.2) is 0 Å². The summed E-state index contributed by atoms with van der Waals surface area (Å²) in [4.78, 5) is 47.9. The second-order valence-corrected chi connectivity index (χ2v) is 11.9. The number of carbonyl (C=O) groups excluding carboxylic acids is 3. The summed E-state index contributed by atoms with van der Waals surface area (Å²) in [6, 6.07) is 5.32. The molecule has 7 atom stereocenters. The topological polar surface area (TPSA) is 90.4 Å². The van der Waals surface area contributed by atoms with Gasteiger partial charge >= 0.3 is 0 Å². The van der Waals surface area contributed by atoms with Crippen molar-refractivity contribution in [3.8, 4) is 0 Å². The van der Waals surface area contributed by atoms with Crippen LogP contribution in [-0.2, 0) is 19.1 Å². The van der Waals surface area contributed by atoms with Crippen molar-refractivity contribution < 1.29 is 24.2 Å². The highest BCUT2D eigenvalue weighted by Gasteiger charge is 2.79. The zero-order valence-electron chi connectivity index (χ0n) is 24.0. The number of likely N-dealkylation sites (N-methyl/N-ethyl adjacent to an activating group) is 1. The predicted molar refractivity (Wildman–Crippen MR) is 156 cm³/mol. The molecule has 3 fully saturated rings. The summed E-state index contributed by atoms with van der Waals surface area (Å²) in [7, 11) is 1.70. The minimum Gasteiger partial charge on any atom is -0.394 e. The molecule has 2 bridgehead atoms. The summed E-state index contributed by atoms with van der Waals surface area (Å²) in [6.07, 6.45) is 5.57. The van der Waals surface area contributed by atoms with E-state index in [4.69, 9.17) is 16.3 Å². The minimum absolute atomic E-state index is 0.0854. The number of likely N-dealkylation sites (tertiary alicyclic amines) is 1. The lowest BCUT2D eigenvalue weighted by Crippen LogP contribution is -2.60. The zero-order valence-corrected chi connectivity index (χ0v) is 24.8. The van der Waals surface area contributed by atoms with Gasteiger partial charge in [0.25, 0.3) is 5.91 Å². The average Bonchev–Trinajstić information content (AvgIpc) is 3.56.